The molecule has 17 heteroatoms. The van der Waals surface area contributed by atoms with Gasteiger partial charge in [-0.1, -0.05) is 23.2 Å². The fraction of sp³-hybridized carbons (Fsp3) is 0.227. The van der Waals surface area contributed by atoms with E-state index in [0.717, 1.165) is 0 Å². The molecule has 0 aliphatic heterocycles. The Bertz CT molecular complexity index is 1550. The summed E-state index contributed by atoms with van der Waals surface area (Å²) in [6.45, 7) is 2.07. The summed E-state index contributed by atoms with van der Waals surface area (Å²) >= 11 is 12.0. The minimum atomic E-state index is -5.11. The number of ether oxygens (including phenoxy) is 3. The van der Waals surface area contributed by atoms with E-state index in [4.69, 9.17) is 42.9 Å². The topological polar surface area (TPSA) is 108 Å². The quantitative estimate of drug-likeness (QED) is 0.171. The summed E-state index contributed by atoms with van der Waals surface area (Å²) in [5.41, 5.74) is 3.58. The summed E-state index contributed by atoms with van der Waals surface area (Å²) in [5, 5.41) is 4.91. The maximum atomic E-state index is 14.1. The van der Waals surface area contributed by atoms with Crippen molar-refractivity contribution in [2.45, 2.75) is 19.3 Å². The number of alkyl halides is 6. The summed E-state index contributed by atoms with van der Waals surface area (Å²) in [5.74, 6) is -0.223. The smallest absolute Gasteiger partial charge is 0.434 e. The number of methoxy groups -OCH3 is 1. The van der Waals surface area contributed by atoms with Crippen molar-refractivity contribution in [3.05, 3.63) is 51.6 Å². The number of halogens is 8. The molecule has 0 atom stereocenters. The highest BCUT2D eigenvalue weighted by atomic mass is 35.5. The SMILES string of the molecule is CCOc1ccc(Oc2nc(C(F)(F)F)c3c(N=N)n(-c4c(Cl)cc(C(F)(F)F)cc4Cl)nc3n2)cc1OC. The number of fused-ring (bicyclic) bond motifs is 1. The van der Waals surface area contributed by atoms with Gasteiger partial charge in [0.2, 0.25) is 0 Å². The lowest BCUT2D eigenvalue weighted by Gasteiger charge is -2.13. The molecule has 0 bridgehead atoms. The number of hydrogen-bond donors (Lipinski definition) is 1. The van der Waals surface area contributed by atoms with E-state index in [9.17, 15) is 26.3 Å². The number of aromatic nitrogens is 4. The first-order chi connectivity index (χ1) is 18.3. The van der Waals surface area contributed by atoms with E-state index in [1.54, 1.807) is 6.92 Å². The molecule has 2 heterocycles. The fourth-order valence-electron chi connectivity index (χ4n) is 3.49. The van der Waals surface area contributed by atoms with Crippen molar-refractivity contribution in [2.24, 2.45) is 5.11 Å². The van der Waals surface area contributed by atoms with E-state index in [1.165, 1.54) is 25.3 Å². The third-order valence-corrected chi connectivity index (χ3v) is 5.64. The molecule has 0 spiro atoms. The van der Waals surface area contributed by atoms with Crippen LogP contribution in [0.1, 0.15) is 18.2 Å². The van der Waals surface area contributed by atoms with Gasteiger partial charge in [-0.05, 0) is 31.2 Å². The number of nitrogens with zero attached hydrogens (tertiary/aromatic N) is 5. The third kappa shape index (κ3) is 5.49. The molecule has 206 valence electrons. The second-order valence-electron chi connectivity index (χ2n) is 7.53. The summed E-state index contributed by atoms with van der Waals surface area (Å²) in [6.07, 6.45) is -9.93. The van der Waals surface area contributed by atoms with Crippen LogP contribution in [0, 0.1) is 5.53 Å². The number of rotatable bonds is 7. The Hall–Kier alpha value is -3.85. The molecule has 2 aromatic heterocycles. The van der Waals surface area contributed by atoms with Crippen molar-refractivity contribution in [2.75, 3.05) is 13.7 Å². The number of nitrogens with one attached hydrogen (secondary N) is 1. The zero-order chi connectivity index (χ0) is 28.7. The highest BCUT2D eigenvalue weighted by molar-refractivity contribution is 6.38. The van der Waals surface area contributed by atoms with Crippen LogP contribution in [-0.4, -0.2) is 33.5 Å². The molecule has 4 rings (SSSR count). The van der Waals surface area contributed by atoms with Gasteiger partial charge in [-0.15, -0.1) is 10.2 Å². The Morgan fingerprint density at radius 2 is 1.64 bits per heavy atom. The van der Waals surface area contributed by atoms with E-state index in [2.05, 4.69) is 20.2 Å². The zero-order valence-corrected chi connectivity index (χ0v) is 21.1. The molecule has 0 aliphatic rings. The number of hydrogen-bond acceptors (Lipinski definition) is 8. The van der Waals surface area contributed by atoms with Gasteiger partial charge in [0.15, 0.2) is 28.7 Å². The maximum absolute atomic E-state index is 14.1. The summed E-state index contributed by atoms with van der Waals surface area (Å²) in [7, 11) is 1.35. The Morgan fingerprint density at radius 1 is 0.974 bits per heavy atom. The van der Waals surface area contributed by atoms with Crippen molar-refractivity contribution in [1.29, 1.82) is 5.53 Å². The van der Waals surface area contributed by atoms with Crippen LogP contribution in [0.3, 0.4) is 0 Å². The lowest BCUT2D eigenvalue weighted by molar-refractivity contribution is -0.140. The van der Waals surface area contributed by atoms with E-state index in [-0.39, 0.29) is 11.5 Å². The van der Waals surface area contributed by atoms with Crippen LogP contribution >= 0.6 is 23.2 Å². The van der Waals surface area contributed by atoms with Crippen LogP contribution < -0.4 is 14.2 Å². The average molecular weight is 595 g/mol. The van der Waals surface area contributed by atoms with Crippen LogP contribution in [0.5, 0.6) is 23.3 Å². The van der Waals surface area contributed by atoms with Gasteiger partial charge >= 0.3 is 18.4 Å². The highest BCUT2D eigenvalue weighted by Crippen LogP contribution is 2.43. The lowest BCUT2D eigenvalue weighted by Crippen LogP contribution is -2.10. The molecule has 0 saturated carbocycles. The van der Waals surface area contributed by atoms with Gasteiger partial charge in [-0.2, -0.15) is 36.3 Å². The van der Waals surface area contributed by atoms with Gasteiger partial charge < -0.3 is 14.2 Å². The first kappa shape index (κ1) is 28.2. The second-order valence-corrected chi connectivity index (χ2v) is 8.35. The van der Waals surface area contributed by atoms with Crippen LogP contribution in [0.15, 0.2) is 35.4 Å². The zero-order valence-electron chi connectivity index (χ0n) is 19.6. The maximum Gasteiger partial charge on any atom is 0.434 e. The molecule has 1 N–H and O–H groups in total. The average Bonchev–Trinajstić information content (AvgIpc) is 3.20. The standard InChI is InChI=1S/C22H14Cl2F6N6O3/c1-3-38-13-5-4-10(8-14(13)37-2)39-20-32-17(22(28,29)30)15-18(33-20)35-36(19(15)34-31)16-11(23)6-9(7-12(16)24)21(25,26)27/h4-8,31H,3H2,1-2H3. The summed E-state index contributed by atoms with van der Waals surface area (Å²) in [6, 6.07) is 4.39. The van der Waals surface area contributed by atoms with Crippen LogP contribution in [-0.2, 0) is 12.4 Å². The van der Waals surface area contributed by atoms with Crippen LogP contribution in [0.2, 0.25) is 10.0 Å². The molecular formula is C22H14Cl2F6N6O3. The predicted molar refractivity (Wildman–Crippen MR) is 126 cm³/mol. The minimum Gasteiger partial charge on any atom is -0.493 e. The van der Waals surface area contributed by atoms with Crippen molar-refractivity contribution in [1.82, 2.24) is 19.7 Å². The third-order valence-electron chi connectivity index (χ3n) is 5.06. The Balaban J connectivity index is 1.90. The Kier molecular flexibility index (Phi) is 7.49. The van der Waals surface area contributed by atoms with Gasteiger partial charge in [-0.3, -0.25) is 0 Å². The first-order valence-electron chi connectivity index (χ1n) is 10.6. The Labute approximate surface area is 224 Å². The van der Waals surface area contributed by atoms with Gasteiger partial charge in [0, 0.05) is 6.07 Å². The molecular weight excluding hydrogens is 581 g/mol. The fourth-order valence-corrected chi connectivity index (χ4v) is 4.14. The molecule has 39 heavy (non-hydrogen) atoms. The monoisotopic (exact) mass is 594 g/mol. The van der Waals surface area contributed by atoms with Crippen molar-refractivity contribution >= 4 is 40.1 Å². The predicted octanol–water partition coefficient (Wildman–Crippen LogP) is 8.02. The number of benzene rings is 2. The molecule has 0 aliphatic carbocycles. The van der Waals surface area contributed by atoms with Gasteiger partial charge in [0.1, 0.15) is 11.4 Å². The largest absolute Gasteiger partial charge is 0.493 e. The Morgan fingerprint density at radius 3 is 2.18 bits per heavy atom. The second kappa shape index (κ2) is 10.4. The summed E-state index contributed by atoms with van der Waals surface area (Å²) < 4.78 is 98.2. The molecule has 4 aromatic rings. The van der Waals surface area contributed by atoms with E-state index in [1.807, 2.05) is 0 Å². The molecule has 0 fully saturated rings. The molecule has 0 saturated heterocycles. The van der Waals surface area contributed by atoms with Crippen LogP contribution in [0.4, 0.5) is 32.2 Å². The molecule has 0 radical (unpaired) electrons. The first-order valence-corrected chi connectivity index (χ1v) is 11.3. The molecule has 0 unspecified atom stereocenters. The highest BCUT2D eigenvalue weighted by Gasteiger charge is 2.39. The van der Waals surface area contributed by atoms with E-state index >= 15 is 0 Å². The van der Waals surface area contributed by atoms with E-state index in [0.29, 0.717) is 29.2 Å². The molecule has 2 aromatic carbocycles. The van der Waals surface area contributed by atoms with Crippen molar-refractivity contribution < 1.29 is 40.6 Å². The van der Waals surface area contributed by atoms with E-state index < -0.39 is 62.2 Å². The summed E-state index contributed by atoms with van der Waals surface area (Å²) in [4.78, 5) is 7.33. The van der Waals surface area contributed by atoms with Crippen molar-refractivity contribution in [3.8, 4) is 28.9 Å². The van der Waals surface area contributed by atoms with Gasteiger partial charge in [-0.25, -0.2) is 10.2 Å². The van der Waals surface area contributed by atoms with Gasteiger partial charge in [0.05, 0.1) is 34.7 Å². The molecule has 0 amide bonds. The van der Waals surface area contributed by atoms with Crippen LogP contribution in [0.25, 0.3) is 16.7 Å². The normalized spacial score (nSPS) is 12.1. The molecule has 9 nitrogen and oxygen atoms in total. The van der Waals surface area contributed by atoms with Gasteiger partial charge in [0.25, 0.3) is 0 Å². The lowest BCUT2D eigenvalue weighted by atomic mass is 10.2. The van der Waals surface area contributed by atoms with Crippen molar-refractivity contribution in [3.63, 3.8) is 0 Å². The minimum absolute atomic E-state index is 0.0126.